The summed E-state index contributed by atoms with van der Waals surface area (Å²) < 4.78 is 5.37. The third-order valence-corrected chi connectivity index (χ3v) is 6.86. The van der Waals surface area contributed by atoms with Crippen LogP contribution < -0.4 is 15.0 Å². The lowest BCUT2D eigenvalue weighted by molar-refractivity contribution is -0.122. The van der Waals surface area contributed by atoms with E-state index in [0.717, 1.165) is 50.2 Å². The summed E-state index contributed by atoms with van der Waals surface area (Å²) in [6.45, 7) is 3.69. The molecular formula is C23H33N3O3. The van der Waals surface area contributed by atoms with Gasteiger partial charge in [-0.25, -0.2) is 0 Å². The first-order valence-corrected chi connectivity index (χ1v) is 11.1. The summed E-state index contributed by atoms with van der Waals surface area (Å²) in [6.07, 6.45) is 7.52. The maximum Gasteiger partial charge on any atom is 0.227 e. The Hall–Kier alpha value is -2.08. The minimum atomic E-state index is 0.167. The van der Waals surface area contributed by atoms with Crippen LogP contribution in [0.15, 0.2) is 18.2 Å². The molecule has 6 nitrogen and oxygen atoms in total. The van der Waals surface area contributed by atoms with Crippen molar-refractivity contribution in [2.75, 3.05) is 25.1 Å². The molecule has 1 N–H and O–H groups in total. The van der Waals surface area contributed by atoms with E-state index < -0.39 is 0 Å². The van der Waals surface area contributed by atoms with E-state index in [1.54, 1.807) is 7.11 Å². The van der Waals surface area contributed by atoms with Crippen molar-refractivity contribution in [2.45, 2.75) is 76.4 Å². The molecule has 0 saturated carbocycles. The molecular weight excluding hydrogens is 366 g/mol. The van der Waals surface area contributed by atoms with Crippen LogP contribution in [-0.2, 0) is 16.0 Å². The molecule has 1 aromatic carbocycles. The second-order valence-corrected chi connectivity index (χ2v) is 8.61. The van der Waals surface area contributed by atoms with Gasteiger partial charge in [0.25, 0.3) is 0 Å². The molecule has 0 spiro atoms. The zero-order chi connectivity index (χ0) is 20.4. The largest absolute Gasteiger partial charge is 0.497 e. The standard InChI is InChI=1S/C23H33N3O3/c1-3-22(27)24-17-13-18-7-8-19(14-17)25(18)11-4-12-26-21-15-20(29-2)9-5-16(21)6-10-23(26)28/h5,9,15,17-19H,3-4,6-8,10-14H2,1-2H3,(H,24,27)/t17-,18-,19+. The van der Waals surface area contributed by atoms with Gasteiger partial charge >= 0.3 is 0 Å². The first-order valence-electron chi connectivity index (χ1n) is 11.1. The van der Waals surface area contributed by atoms with Crippen LogP contribution in [0.3, 0.4) is 0 Å². The van der Waals surface area contributed by atoms with E-state index in [1.807, 2.05) is 24.0 Å². The number of carbonyl (C=O) groups is 2. The highest BCUT2D eigenvalue weighted by Crippen LogP contribution is 2.36. The second kappa shape index (κ2) is 8.74. The number of rotatable bonds is 7. The fourth-order valence-electron chi connectivity index (χ4n) is 5.39. The molecule has 3 atom stereocenters. The maximum atomic E-state index is 12.6. The first kappa shape index (κ1) is 20.2. The van der Waals surface area contributed by atoms with Gasteiger partial charge < -0.3 is 15.0 Å². The summed E-state index contributed by atoms with van der Waals surface area (Å²) in [5.74, 6) is 1.19. The lowest BCUT2D eigenvalue weighted by atomic mass is 9.96. The van der Waals surface area contributed by atoms with Crippen LogP contribution in [0.1, 0.15) is 57.4 Å². The predicted octanol–water partition coefficient (Wildman–Crippen LogP) is 2.89. The number of hydrogen-bond acceptors (Lipinski definition) is 4. The molecule has 0 unspecified atom stereocenters. The quantitative estimate of drug-likeness (QED) is 0.766. The third kappa shape index (κ3) is 4.27. The molecule has 158 valence electrons. The van der Waals surface area contributed by atoms with Crippen LogP contribution in [0.25, 0.3) is 0 Å². The molecule has 0 radical (unpaired) electrons. The average molecular weight is 400 g/mol. The molecule has 2 amide bonds. The minimum Gasteiger partial charge on any atom is -0.497 e. The number of nitrogens with zero attached hydrogens (tertiary/aromatic N) is 2. The van der Waals surface area contributed by atoms with E-state index in [4.69, 9.17) is 4.74 Å². The maximum absolute atomic E-state index is 12.6. The topological polar surface area (TPSA) is 61.9 Å². The predicted molar refractivity (Wildman–Crippen MR) is 113 cm³/mol. The Morgan fingerprint density at radius 3 is 2.62 bits per heavy atom. The Balaban J connectivity index is 1.34. The van der Waals surface area contributed by atoms with Crippen molar-refractivity contribution in [3.05, 3.63) is 23.8 Å². The Kier molecular flexibility index (Phi) is 6.09. The fourth-order valence-corrected chi connectivity index (χ4v) is 5.39. The normalized spacial score (nSPS) is 26.3. The summed E-state index contributed by atoms with van der Waals surface area (Å²) in [5, 5.41) is 3.19. The highest BCUT2D eigenvalue weighted by molar-refractivity contribution is 5.96. The van der Waals surface area contributed by atoms with Gasteiger partial charge in [0.1, 0.15) is 5.75 Å². The molecule has 3 aliphatic heterocycles. The Morgan fingerprint density at radius 2 is 1.93 bits per heavy atom. The van der Waals surface area contributed by atoms with E-state index in [9.17, 15) is 9.59 Å². The molecule has 6 heteroatoms. The monoisotopic (exact) mass is 399 g/mol. The van der Waals surface area contributed by atoms with Gasteiger partial charge in [0.15, 0.2) is 0 Å². The van der Waals surface area contributed by atoms with Crippen molar-refractivity contribution in [3.63, 3.8) is 0 Å². The zero-order valence-corrected chi connectivity index (χ0v) is 17.7. The number of aryl methyl sites for hydroxylation is 1. The zero-order valence-electron chi connectivity index (χ0n) is 17.7. The van der Waals surface area contributed by atoms with Gasteiger partial charge in [0.2, 0.25) is 11.8 Å². The highest BCUT2D eigenvalue weighted by Gasteiger charge is 2.40. The molecule has 3 heterocycles. The van der Waals surface area contributed by atoms with Crippen LogP contribution in [0.4, 0.5) is 5.69 Å². The van der Waals surface area contributed by atoms with Crippen molar-refractivity contribution in [1.29, 1.82) is 0 Å². The van der Waals surface area contributed by atoms with E-state index in [-0.39, 0.29) is 11.8 Å². The third-order valence-electron chi connectivity index (χ3n) is 6.86. The fraction of sp³-hybridized carbons (Fsp3) is 0.652. The first-order chi connectivity index (χ1) is 14.1. The molecule has 2 bridgehead atoms. The minimum absolute atomic E-state index is 0.167. The highest BCUT2D eigenvalue weighted by atomic mass is 16.5. The lowest BCUT2D eigenvalue weighted by Gasteiger charge is -2.39. The van der Waals surface area contributed by atoms with E-state index in [0.29, 0.717) is 31.0 Å². The molecule has 3 aliphatic rings. The van der Waals surface area contributed by atoms with Crippen LogP contribution in [0.2, 0.25) is 0 Å². The Labute approximate surface area is 173 Å². The molecule has 0 aromatic heterocycles. The van der Waals surface area contributed by atoms with Gasteiger partial charge in [-0.2, -0.15) is 0 Å². The van der Waals surface area contributed by atoms with Crippen molar-refractivity contribution >= 4 is 17.5 Å². The second-order valence-electron chi connectivity index (χ2n) is 8.61. The van der Waals surface area contributed by atoms with Crippen molar-refractivity contribution in [3.8, 4) is 5.75 Å². The molecule has 4 rings (SSSR count). The van der Waals surface area contributed by atoms with Crippen LogP contribution in [0.5, 0.6) is 5.75 Å². The van der Waals surface area contributed by atoms with E-state index in [1.165, 1.54) is 18.4 Å². The summed E-state index contributed by atoms with van der Waals surface area (Å²) in [5.41, 5.74) is 2.25. The van der Waals surface area contributed by atoms with Gasteiger partial charge in [0.05, 0.1) is 12.8 Å². The number of amides is 2. The van der Waals surface area contributed by atoms with E-state index >= 15 is 0 Å². The van der Waals surface area contributed by atoms with Gasteiger partial charge in [-0.3, -0.25) is 14.5 Å². The summed E-state index contributed by atoms with van der Waals surface area (Å²) in [6, 6.07) is 7.53. The van der Waals surface area contributed by atoms with Crippen LogP contribution in [0, 0.1) is 0 Å². The van der Waals surface area contributed by atoms with Crippen molar-refractivity contribution < 1.29 is 14.3 Å². The molecule has 2 saturated heterocycles. The molecule has 0 aliphatic carbocycles. The van der Waals surface area contributed by atoms with Crippen LogP contribution in [-0.4, -0.2) is 55.0 Å². The molecule has 29 heavy (non-hydrogen) atoms. The SMILES string of the molecule is CCC(=O)N[C@@H]1C[C@H]2CC[C@@H](C1)N2CCCN1C(=O)CCc2ccc(OC)cc21. The number of piperidine rings is 1. The number of ether oxygens (including phenoxy) is 1. The van der Waals surface area contributed by atoms with Gasteiger partial charge in [0, 0.05) is 50.1 Å². The van der Waals surface area contributed by atoms with Crippen molar-refractivity contribution in [2.24, 2.45) is 0 Å². The molecule has 2 fully saturated rings. The Bertz CT molecular complexity index is 752. The number of nitrogens with one attached hydrogen (secondary N) is 1. The number of anilines is 1. The summed E-state index contributed by atoms with van der Waals surface area (Å²) in [7, 11) is 1.67. The number of methoxy groups -OCH3 is 1. The number of fused-ring (bicyclic) bond motifs is 3. The Morgan fingerprint density at radius 1 is 1.17 bits per heavy atom. The van der Waals surface area contributed by atoms with Gasteiger partial charge in [-0.15, -0.1) is 0 Å². The smallest absolute Gasteiger partial charge is 0.227 e. The average Bonchev–Trinajstić information content (AvgIpc) is 2.97. The number of hydrogen-bond donors (Lipinski definition) is 1. The molecule has 1 aromatic rings. The summed E-state index contributed by atoms with van der Waals surface area (Å²) >= 11 is 0. The van der Waals surface area contributed by atoms with Gasteiger partial charge in [-0.1, -0.05) is 13.0 Å². The summed E-state index contributed by atoms with van der Waals surface area (Å²) in [4.78, 5) is 28.9. The van der Waals surface area contributed by atoms with Crippen molar-refractivity contribution in [1.82, 2.24) is 10.2 Å². The van der Waals surface area contributed by atoms with Gasteiger partial charge in [-0.05, 0) is 50.2 Å². The van der Waals surface area contributed by atoms with E-state index in [2.05, 4.69) is 16.3 Å². The van der Waals surface area contributed by atoms with Crippen LogP contribution >= 0.6 is 0 Å². The lowest BCUT2D eigenvalue weighted by Crippen LogP contribution is -2.50. The number of carbonyl (C=O) groups excluding carboxylic acids is 2. The number of benzene rings is 1.